The maximum atomic E-state index is 5.68. The van der Waals surface area contributed by atoms with Crippen molar-refractivity contribution in [2.24, 2.45) is 17.4 Å². The molecule has 0 aliphatic heterocycles. The minimum Gasteiger partial charge on any atom is -0.329 e. The third-order valence-electron chi connectivity index (χ3n) is 3.24. The molecule has 0 atom stereocenters. The fourth-order valence-corrected chi connectivity index (χ4v) is 2.13. The average Bonchev–Trinajstić information content (AvgIpc) is 3.06. The van der Waals surface area contributed by atoms with Crippen molar-refractivity contribution in [2.75, 3.05) is 32.7 Å². The summed E-state index contributed by atoms with van der Waals surface area (Å²) in [6.45, 7) is 4.70. The van der Waals surface area contributed by atoms with Crippen LogP contribution in [0.25, 0.3) is 0 Å². The maximum Gasteiger partial charge on any atom is 0.0259 e. The number of hydrogen-bond acceptors (Lipinski definition) is 4. The molecule has 4 heteroatoms. The van der Waals surface area contributed by atoms with Gasteiger partial charge >= 0.3 is 0 Å². The molecule has 0 bridgehead atoms. The summed E-state index contributed by atoms with van der Waals surface area (Å²) < 4.78 is 0. The van der Waals surface area contributed by atoms with Gasteiger partial charge in [-0.2, -0.15) is 0 Å². The minimum atomic E-state index is 0.751. The van der Waals surface area contributed by atoms with E-state index < -0.39 is 0 Å². The highest BCUT2D eigenvalue weighted by molar-refractivity contribution is 4.85. The minimum absolute atomic E-state index is 0.751. The highest BCUT2D eigenvalue weighted by Crippen LogP contribution is 2.33. The van der Waals surface area contributed by atoms with Gasteiger partial charge in [-0.25, -0.2) is 10.0 Å². The van der Waals surface area contributed by atoms with Gasteiger partial charge in [0.2, 0.25) is 0 Å². The van der Waals surface area contributed by atoms with Crippen LogP contribution in [0, 0.1) is 5.92 Å². The zero-order valence-corrected chi connectivity index (χ0v) is 9.57. The standard InChI is InChI=1S/C11H24N4/c12-5-7-14(9-10-1-2-10)15(8-6-13)11-3-4-11/h10-11H,1-9,12-13H2. The van der Waals surface area contributed by atoms with Gasteiger partial charge in [0.25, 0.3) is 0 Å². The summed E-state index contributed by atoms with van der Waals surface area (Å²) >= 11 is 0. The molecule has 2 rings (SSSR count). The Hall–Kier alpha value is -0.160. The Bertz CT molecular complexity index is 189. The molecule has 4 N–H and O–H groups in total. The Kier molecular flexibility index (Phi) is 3.97. The fourth-order valence-electron chi connectivity index (χ4n) is 2.13. The molecule has 2 aliphatic carbocycles. The first-order valence-corrected chi connectivity index (χ1v) is 6.26. The number of hydrogen-bond donors (Lipinski definition) is 2. The lowest BCUT2D eigenvalue weighted by Crippen LogP contribution is -2.49. The second kappa shape index (κ2) is 5.25. The summed E-state index contributed by atoms with van der Waals surface area (Å²) in [7, 11) is 0. The smallest absolute Gasteiger partial charge is 0.0259 e. The molecule has 2 saturated carbocycles. The van der Waals surface area contributed by atoms with Crippen molar-refractivity contribution in [3.63, 3.8) is 0 Å². The van der Waals surface area contributed by atoms with Gasteiger partial charge in [0, 0.05) is 38.8 Å². The van der Waals surface area contributed by atoms with Gasteiger partial charge in [0.05, 0.1) is 0 Å². The zero-order valence-electron chi connectivity index (χ0n) is 9.57. The Balaban J connectivity index is 1.85. The van der Waals surface area contributed by atoms with Crippen molar-refractivity contribution in [1.82, 2.24) is 10.0 Å². The first-order valence-electron chi connectivity index (χ1n) is 6.26. The molecule has 2 aliphatic rings. The molecular weight excluding hydrogens is 188 g/mol. The van der Waals surface area contributed by atoms with E-state index in [0.29, 0.717) is 0 Å². The molecule has 0 unspecified atom stereocenters. The van der Waals surface area contributed by atoms with Crippen LogP contribution in [0.3, 0.4) is 0 Å². The van der Waals surface area contributed by atoms with Crippen LogP contribution in [-0.4, -0.2) is 48.8 Å². The molecule has 0 heterocycles. The second-order valence-electron chi connectivity index (χ2n) is 4.83. The lowest BCUT2D eigenvalue weighted by atomic mass is 10.4. The van der Waals surface area contributed by atoms with Gasteiger partial charge in [-0.1, -0.05) is 0 Å². The van der Waals surface area contributed by atoms with E-state index in [1.54, 1.807) is 0 Å². The van der Waals surface area contributed by atoms with Crippen molar-refractivity contribution >= 4 is 0 Å². The predicted molar refractivity (Wildman–Crippen MR) is 62.1 cm³/mol. The molecule has 0 aromatic carbocycles. The molecule has 0 radical (unpaired) electrons. The van der Waals surface area contributed by atoms with Crippen LogP contribution in [0.15, 0.2) is 0 Å². The number of nitrogens with two attached hydrogens (primary N) is 2. The zero-order chi connectivity index (χ0) is 10.7. The summed E-state index contributed by atoms with van der Waals surface area (Å²) in [5.74, 6) is 0.926. The van der Waals surface area contributed by atoms with Gasteiger partial charge in [0.15, 0.2) is 0 Å². The van der Waals surface area contributed by atoms with E-state index >= 15 is 0 Å². The second-order valence-corrected chi connectivity index (χ2v) is 4.83. The van der Waals surface area contributed by atoms with Gasteiger partial charge in [-0.05, 0) is 31.6 Å². The highest BCUT2D eigenvalue weighted by Gasteiger charge is 2.34. The molecule has 0 saturated heterocycles. The van der Waals surface area contributed by atoms with Gasteiger partial charge in [-0.3, -0.25) is 0 Å². The Labute approximate surface area is 92.5 Å². The van der Waals surface area contributed by atoms with Crippen molar-refractivity contribution in [3.8, 4) is 0 Å². The summed E-state index contributed by atoms with van der Waals surface area (Å²) in [6, 6.07) is 0.763. The first-order chi connectivity index (χ1) is 7.35. The Morgan fingerprint density at radius 3 is 2.07 bits per heavy atom. The Morgan fingerprint density at radius 2 is 1.60 bits per heavy atom. The Morgan fingerprint density at radius 1 is 0.933 bits per heavy atom. The third kappa shape index (κ3) is 3.41. The van der Waals surface area contributed by atoms with Gasteiger partial charge in [-0.15, -0.1) is 0 Å². The number of hydrazine groups is 1. The van der Waals surface area contributed by atoms with Crippen LogP contribution < -0.4 is 11.5 Å². The molecule has 0 spiro atoms. The van der Waals surface area contributed by atoms with Crippen LogP contribution in [0.5, 0.6) is 0 Å². The molecule has 0 aromatic heterocycles. The quantitative estimate of drug-likeness (QED) is 0.556. The van der Waals surface area contributed by atoms with E-state index in [9.17, 15) is 0 Å². The molecule has 0 aromatic rings. The summed E-state index contributed by atoms with van der Waals surface area (Å²) in [6.07, 6.45) is 5.49. The normalized spacial score (nSPS) is 21.6. The molecule has 15 heavy (non-hydrogen) atoms. The largest absolute Gasteiger partial charge is 0.329 e. The van der Waals surface area contributed by atoms with E-state index in [0.717, 1.165) is 38.1 Å². The van der Waals surface area contributed by atoms with E-state index in [-0.39, 0.29) is 0 Å². The lowest BCUT2D eigenvalue weighted by molar-refractivity contribution is -0.0321. The van der Waals surface area contributed by atoms with Gasteiger partial charge in [0.1, 0.15) is 0 Å². The van der Waals surface area contributed by atoms with Crippen molar-refractivity contribution in [3.05, 3.63) is 0 Å². The van der Waals surface area contributed by atoms with E-state index in [1.807, 2.05) is 0 Å². The highest BCUT2D eigenvalue weighted by atomic mass is 15.6. The van der Waals surface area contributed by atoms with Crippen molar-refractivity contribution in [1.29, 1.82) is 0 Å². The number of nitrogens with zero attached hydrogens (tertiary/aromatic N) is 2. The summed E-state index contributed by atoms with van der Waals surface area (Å²) in [5, 5.41) is 4.94. The molecular formula is C11H24N4. The van der Waals surface area contributed by atoms with Crippen molar-refractivity contribution < 1.29 is 0 Å². The van der Waals surface area contributed by atoms with Crippen LogP contribution in [0.4, 0.5) is 0 Å². The lowest BCUT2D eigenvalue weighted by Gasteiger charge is -2.35. The molecule has 0 amide bonds. The summed E-state index contributed by atoms with van der Waals surface area (Å²) in [4.78, 5) is 0. The van der Waals surface area contributed by atoms with Crippen LogP contribution in [0.2, 0.25) is 0 Å². The number of rotatable bonds is 8. The fraction of sp³-hybridized carbons (Fsp3) is 1.00. The summed E-state index contributed by atoms with van der Waals surface area (Å²) in [5.41, 5.74) is 11.4. The third-order valence-corrected chi connectivity index (χ3v) is 3.24. The van der Waals surface area contributed by atoms with Gasteiger partial charge < -0.3 is 11.5 Å². The van der Waals surface area contributed by atoms with Crippen molar-refractivity contribution in [2.45, 2.75) is 31.7 Å². The van der Waals surface area contributed by atoms with Crippen LogP contribution in [-0.2, 0) is 0 Å². The van der Waals surface area contributed by atoms with E-state index in [4.69, 9.17) is 11.5 Å². The van der Waals surface area contributed by atoms with Crippen LogP contribution >= 0.6 is 0 Å². The van der Waals surface area contributed by atoms with E-state index in [2.05, 4.69) is 10.0 Å². The molecule has 88 valence electrons. The maximum absolute atomic E-state index is 5.68. The topological polar surface area (TPSA) is 58.5 Å². The van der Waals surface area contributed by atoms with Crippen LogP contribution in [0.1, 0.15) is 25.7 Å². The first kappa shape index (κ1) is 11.3. The molecule has 4 nitrogen and oxygen atoms in total. The average molecular weight is 212 g/mol. The molecule has 2 fully saturated rings. The SMILES string of the molecule is NCCN(CC1CC1)N(CCN)C1CC1. The monoisotopic (exact) mass is 212 g/mol. The van der Waals surface area contributed by atoms with E-state index in [1.165, 1.54) is 32.2 Å². The predicted octanol–water partition coefficient (Wildman–Crippen LogP) is -0.00480.